The summed E-state index contributed by atoms with van der Waals surface area (Å²) in [5, 5.41) is 0. The molecular formula is C22H28. The number of hydrogen-bond acceptors (Lipinski definition) is 0. The molecule has 2 aromatic rings. The Morgan fingerprint density at radius 3 is 2.18 bits per heavy atom. The van der Waals surface area contributed by atoms with Crippen LogP contribution in [0.4, 0.5) is 0 Å². The van der Waals surface area contributed by atoms with Crippen molar-refractivity contribution in [1.29, 1.82) is 0 Å². The molecule has 116 valence electrons. The number of rotatable bonds is 3. The van der Waals surface area contributed by atoms with Crippen molar-refractivity contribution >= 4 is 0 Å². The molecule has 0 saturated heterocycles. The van der Waals surface area contributed by atoms with Gasteiger partial charge in [0.25, 0.3) is 0 Å². The van der Waals surface area contributed by atoms with Gasteiger partial charge in [-0.15, -0.1) is 0 Å². The molecule has 0 aromatic heterocycles. The fourth-order valence-electron chi connectivity index (χ4n) is 3.93. The van der Waals surface area contributed by atoms with Crippen LogP contribution in [0.5, 0.6) is 0 Å². The summed E-state index contributed by atoms with van der Waals surface area (Å²) < 4.78 is 0. The van der Waals surface area contributed by atoms with E-state index in [9.17, 15) is 0 Å². The summed E-state index contributed by atoms with van der Waals surface area (Å²) in [6.07, 6.45) is 1.25. The van der Waals surface area contributed by atoms with E-state index < -0.39 is 0 Å². The summed E-state index contributed by atoms with van der Waals surface area (Å²) in [5.41, 5.74) is 7.77. The van der Waals surface area contributed by atoms with Gasteiger partial charge < -0.3 is 0 Å². The molecule has 1 aliphatic rings. The molecule has 0 N–H and O–H groups in total. The van der Waals surface area contributed by atoms with E-state index in [0.29, 0.717) is 23.7 Å². The normalized spacial score (nSPS) is 20.7. The first kappa shape index (κ1) is 15.3. The summed E-state index contributed by atoms with van der Waals surface area (Å²) in [4.78, 5) is 0. The average molecular weight is 292 g/mol. The quantitative estimate of drug-likeness (QED) is 0.600. The van der Waals surface area contributed by atoms with E-state index in [1.807, 2.05) is 0 Å². The Labute approximate surface area is 135 Å². The van der Waals surface area contributed by atoms with E-state index >= 15 is 0 Å². The predicted molar refractivity (Wildman–Crippen MR) is 95.9 cm³/mol. The van der Waals surface area contributed by atoms with Crippen LogP contribution in [0.1, 0.15) is 92.5 Å². The molecule has 1 aliphatic carbocycles. The molecule has 2 atom stereocenters. The second kappa shape index (κ2) is 5.91. The monoisotopic (exact) mass is 292 g/mol. The van der Waals surface area contributed by atoms with Crippen LogP contribution in [0.3, 0.4) is 0 Å². The van der Waals surface area contributed by atoms with Crippen molar-refractivity contribution in [3.63, 3.8) is 0 Å². The molecule has 0 radical (unpaired) electrons. The first-order valence-corrected chi connectivity index (χ1v) is 8.71. The van der Waals surface area contributed by atoms with Crippen LogP contribution < -0.4 is 0 Å². The van der Waals surface area contributed by atoms with E-state index in [4.69, 9.17) is 0 Å². The van der Waals surface area contributed by atoms with E-state index in [1.54, 1.807) is 16.7 Å². The van der Waals surface area contributed by atoms with Crippen molar-refractivity contribution in [2.24, 2.45) is 0 Å². The lowest BCUT2D eigenvalue weighted by molar-refractivity contribution is 0.682. The van der Waals surface area contributed by atoms with Crippen molar-refractivity contribution in [3.8, 4) is 0 Å². The Morgan fingerprint density at radius 1 is 0.909 bits per heavy atom. The minimum Gasteiger partial charge on any atom is -0.0622 e. The van der Waals surface area contributed by atoms with Gasteiger partial charge in [0, 0.05) is 5.92 Å². The zero-order chi connectivity index (χ0) is 15.9. The molecule has 2 aromatic carbocycles. The third-order valence-electron chi connectivity index (χ3n) is 5.23. The number of fused-ring (bicyclic) bond motifs is 1. The first-order valence-electron chi connectivity index (χ1n) is 8.71. The van der Waals surface area contributed by atoms with Crippen LogP contribution in [0.25, 0.3) is 0 Å². The highest BCUT2D eigenvalue weighted by Crippen LogP contribution is 2.49. The van der Waals surface area contributed by atoms with Crippen molar-refractivity contribution in [2.75, 3.05) is 0 Å². The first-order chi connectivity index (χ1) is 10.5. The molecule has 0 bridgehead atoms. The molecule has 0 nitrogen and oxygen atoms in total. The highest BCUT2D eigenvalue weighted by molar-refractivity contribution is 5.52. The van der Waals surface area contributed by atoms with E-state index in [0.717, 1.165) is 0 Å². The number of hydrogen-bond donors (Lipinski definition) is 0. The van der Waals surface area contributed by atoms with Crippen LogP contribution in [0.2, 0.25) is 0 Å². The second-order valence-electron chi connectivity index (χ2n) is 7.52. The fourth-order valence-corrected chi connectivity index (χ4v) is 3.93. The zero-order valence-electron chi connectivity index (χ0n) is 14.6. The van der Waals surface area contributed by atoms with Crippen molar-refractivity contribution in [2.45, 2.75) is 64.7 Å². The van der Waals surface area contributed by atoms with Gasteiger partial charge in [-0.1, -0.05) is 77.1 Å². The van der Waals surface area contributed by atoms with Gasteiger partial charge in [-0.05, 0) is 52.0 Å². The Kier molecular flexibility index (Phi) is 4.12. The summed E-state index contributed by atoms with van der Waals surface area (Å²) in [5.74, 6) is 2.43. The highest BCUT2D eigenvalue weighted by atomic mass is 14.4. The second-order valence-corrected chi connectivity index (χ2v) is 7.52. The van der Waals surface area contributed by atoms with Gasteiger partial charge in [0.1, 0.15) is 0 Å². The lowest BCUT2D eigenvalue weighted by atomic mass is 9.83. The molecule has 0 fully saturated rings. The molecule has 0 aliphatic heterocycles. The lowest BCUT2D eigenvalue weighted by Crippen LogP contribution is -2.04. The molecular weight excluding hydrogens is 264 g/mol. The maximum absolute atomic E-state index is 2.49. The zero-order valence-corrected chi connectivity index (χ0v) is 14.6. The van der Waals surface area contributed by atoms with Gasteiger partial charge in [-0.2, -0.15) is 0 Å². The van der Waals surface area contributed by atoms with Crippen LogP contribution in [0.15, 0.2) is 42.5 Å². The summed E-state index contributed by atoms with van der Waals surface area (Å²) in [6, 6.07) is 16.0. The molecule has 3 rings (SSSR count). The molecule has 0 amide bonds. The van der Waals surface area contributed by atoms with Crippen LogP contribution in [0, 0.1) is 0 Å². The van der Waals surface area contributed by atoms with Crippen LogP contribution >= 0.6 is 0 Å². The Morgan fingerprint density at radius 2 is 1.59 bits per heavy atom. The third kappa shape index (κ3) is 2.60. The fraction of sp³-hybridized carbons (Fsp3) is 0.455. The third-order valence-corrected chi connectivity index (χ3v) is 5.23. The van der Waals surface area contributed by atoms with Crippen molar-refractivity contribution in [1.82, 2.24) is 0 Å². The Hall–Kier alpha value is -1.56. The molecule has 0 spiro atoms. The Bertz CT molecular complexity index is 649. The summed E-state index contributed by atoms with van der Waals surface area (Å²) >= 11 is 0. The minimum atomic E-state index is 0.574. The van der Waals surface area contributed by atoms with Gasteiger partial charge in [0.2, 0.25) is 0 Å². The van der Waals surface area contributed by atoms with Gasteiger partial charge in [-0.3, -0.25) is 0 Å². The summed E-state index contributed by atoms with van der Waals surface area (Å²) in [7, 11) is 0. The highest BCUT2D eigenvalue weighted by Gasteiger charge is 2.32. The van der Waals surface area contributed by atoms with E-state index in [2.05, 4.69) is 77.1 Å². The molecule has 2 unspecified atom stereocenters. The smallest absolute Gasteiger partial charge is 0.0101 e. The van der Waals surface area contributed by atoms with E-state index in [-0.39, 0.29) is 0 Å². The van der Waals surface area contributed by atoms with Gasteiger partial charge in [0.05, 0.1) is 0 Å². The molecule has 0 saturated carbocycles. The van der Waals surface area contributed by atoms with E-state index in [1.165, 1.54) is 17.5 Å². The van der Waals surface area contributed by atoms with Gasteiger partial charge in [-0.25, -0.2) is 0 Å². The van der Waals surface area contributed by atoms with Crippen molar-refractivity contribution in [3.05, 3.63) is 70.3 Å². The maximum atomic E-state index is 2.49. The maximum Gasteiger partial charge on any atom is 0.0101 e. The molecule has 22 heavy (non-hydrogen) atoms. The molecule has 0 heterocycles. The van der Waals surface area contributed by atoms with Gasteiger partial charge in [0.15, 0.2) is 0 Å². The number of benzene rings is 2. The SMILES string of the molecule is CC(C)c1cc(C(C)C)c2c(c1)C(C)CC2c1ccccc1. The Balaban J connectivity index is 2.18. The largest absolute Gasteiger partial charge is 0.0622 e. The summed E-state index contributed by atoms with van der Waals surface area (Å²) in [6.45, 7) is 11.7. The predicted octanol–water partition coefficient (Wildman–Crippen LogP) is 6.57. The topological polar surface area (TPSA) is 0 Å². The van der Waals surface area contributed by atoms with Crippen LogP contribution in [-0.2, 0) is 0 Å². The lowest BCUT2D eigenvalue weighted by Gasteiger charge is -2.21. The average Bonchev–Trinajstić information content (AvgIpc) is 2.84. The molecule has 0 heteroatoms. The van der Waals surface area contributed by atoms with Gasteiger partial charge >= 0.3 is 0 Å². The minimum absolute atomic E-state index is 0.574. The van der Waals surface area contributed by atoms with Crippen molar-refractivity contribution < 1.29 is 0 Å². The standard InChI is InChI=1S/C22H28/c1-14(2)18-12-19(15(3)4)22-20(13-18)16(5)11-21(22)17-9-7-6-8-10-17/h6-10,12-16,21H,11H2,1-5H3. The van der Waals surface area contributed by atoms with Crippen LogP contribution in [-0.4, -0.2) is 0 Å².